The highest BCUT2D eigenvalue weighted by Crippen LogP contribution is 2.32. The number of nitrogens with two attached hydrogens (primary N) is 1. The summed E-state index contributed by atoms with van der Waals surface area (Å²) in [5.41, 5.74) is 6.83. The zero-order valence-corrected chi connectivity index (χ0v) is 11.6. The lowest BCUT2D eigenvalue weighted by Gasteiger charge is -2.33. The molecule has 0 spiro atoms. The summed E-state index contributed by atoms with van der Waals surface area (Å²) in [6.07, 6.45) is 0.791. The van der Waals surface area contributed by atoms with Crippen LogP contribution >= 0.6 is 15.9 Å². The largest absolute Gasteiger partial charge is 0.330 e. The quantitative estimate of drug-likeness (QED) is 0.897. The summed E-state index contributed by atoms with van der Waals surface area (Å²) < 4.78 is 14.1. The van der Waals surface area contributed by atoms with Gasteiger partial charge in [0.1, 0.15) is 5.82 Å². The highest BCUT2D eigenvalue weighted by Gasteiger charge is 2.27. The molecule has 0 aliphatic heterocycles. The first kappa shape index (κ1) is 13.7. The molecule has 90 valence electrons. The summed E-state index contributed by atoms with van der Waals surface area (Å²) in [4.78, 5) is 0. The molecule has 16 heavy (non-hydrogen) atoms. The van der Waals surface area contributed by atoms with Crippen LogP contribution in [0.4, 0.5) is 4.39 Å². The standard InChI is InChI=1S/C13H19BrFN/c1-9(2)13(3,8-16)7-10-6-11(15)4-5-12(10)14/h4-6,9H,7-8,16H2,1-3H3. The minimum Gasteiger partial charge on any atom is -0.330 e. The second kappa shape index (κ2) is 5.28. The molecule has 0 radical (unpaired) electrons. The molecule has 1 nitrogen and oxygen atoms in total. The molecule has 1 aromatic rings. The van der Waals surface area contributed by atoms with Crippen LogP contribution in [-0.2, 0) is 6.42 Å². The van der Waals surface area contributed by atoms with E-state index in [-0.39, 0.29) is 11.2 Å². The maximum absolute atomic E-state index is 13.2. The Hall–Kier alpha value is -0.410. The van der Waals surface area contributed by atoms with Gasteiger partial charge in [-0.15, -0.1) is 0 Å². The number of rotatable bonds is 4. The average molecular weight is 288 g/mol. The molecule has 0 aliphatic rings. The smallest absolute Gasteiger partial charge is 0.123 e. The lowest BCUT2D eigenvalue weighted by molar-refractivity contribution is 0.227. The molecular formula is C13H19BrFN. The van der Waals surface area contributed by atoms with Crippen molar-refractivity contribution in [1.82, 2.24) is 0 Å². The molecule has 0 aliphatic carbocycles. The van der Waals surface area contributed by atoms with Crippen molar-refractivity contribution in [3.63, 3.8) is 0 Å². The van der Waals surface area contributed by atoms with Crippen LogP contribution in [0, 0.1) is 17.2 Å². The Labute approximate surface area is 105 Å². The molecule has 0 saturated heterocycles. The van der Waals surface area contributed by atoms with Gasteiger partial charge >= 0.3 is 0 Å². The fourth-order valence-electron chi connectivity index (χ4n) is 1.63. The van der Waals surface area contributed by atoms with E-state index in [1.165, 1.54) is 6.07 Å². The molecule has 1 unspecified atom stereocenters. The molecule has 1 aromatic carbocycles. The molecule has 1 atom stereocenters. The molecular weight excluding hydrogens is 269 g/mol. The SMILES string of the molecule is CC(C)C(C)(CN)Cc1cc(F)ccc1Br. The molecule has 2 N–H and O–H groups in total. The minimum absolute atomic E-state index is 0.0102. The summed E-state index contributed by atoms with van der Waals surface area (Å²) >= 11 is 3.45. The predicted octanol–water partition coefficient (Wildman–Crippen LogP) is 3.75. The van der Waals surface area contributed by atoms with Crippen LogP contribution in [0.15, 0.2) is 22.7 Å². The van der Waals surface area contributed by atoms with Crippen molar-refractivity contribution in [2.75, 3.05) is 6.54 Å². The van der Waals surface area contributed by atoms with E-state index in [0.29, 0.717) is 12.5 Å². The third-order valence-corrected chi connectivity index (χ3v) is 4.24. The highest BCUT2D eigenvalue weighted by atomic mass is 79.9. The van der Waals surface area contributed by atoms with Crippen molar-refractivity contribution in [1.29, 1.82) is 0 Å². The summed E-state index contributed by atoms with van der Waals surface area (Å²) in [6, 6.07) is 4.80. The van der Waals surface area contributed by atoms with Gasteiger partial charge in [-0.1, -0.05) is 36.7 Å². The molecule has 1 rings (SSSR count). The van der Waals surface area contributed by atoms with Crippen LogP contribution in [-0.4, -0.2) is 6.54 Å². The van der Waals surface area contributed by atoms with Gasteiger partial charge in [0.15, 0.2) is 0 Å². The molecule has 0 aromatic heterocycles. The van der Waals surface area contributed by atoms with Crippen LogP contribution in [0.25, 0.3) is 0 Å². The van der Waals surface area contributed by atoms with Crippen molar-refractivity contribution in [3.05, 3.63) is 34.1 Å². The Morgan fingerprint density at radius 3 is 2.56 bits per heavy atom. The zero-order chi connectivity index (χ0) is 12.3. The van der Waals surface area contributed by atoms with E-state index in [1.807, 2.05) is 0 Å². The van der Waals surface area contributed by atoms with Crippen LogP contribution in [0.5, 0.6) is 0 Å². The lowest BCUT2D eigenvalue weighted by atomic mass is 9.74. The van der Waals surface area contributed by atoms with Gasteiger partial charge in [-0.3, -0.25) is 0 Å². The van der Waals surface area contributed by atoms with E-state index >= 15 is 0 Å². The Bertz CT molecular complexity index is 365. The molecule has 0 fully saturated rings. The van der Waals surface area contributed by atoms with E-state index in [1.54, 1.807) is 12.1 Å². The third kappa shape index (κ3) is 3.05. The Kier molecular flexibility index (Phi) is 4.51. The van der Waals surface area contributed by atoms with E-state index < -0.39 is 0 Å². The molecule has 0 bridgehead atoms. The van der Waals surface area contributed by atoms with E-state index in [2.05, 4.69) is 36.7 Å². The van der Waals surface area contributed by atoms with Crippen LogP contribution in [0.1, 0.15) is 26.3 Å². The summed E-state index contributed by atoms with van der Waals surface area (Å²) in [5, 5.41) is 0. The molecule has 0 saturated carbocycles. The van der Waals surface area contributed by atoms with Crippen molar-refractivity contribution >= 4 is 15.9 Å². The monoisotopic (exact) mass is 287 g/mol. The molecule has 3 heteroatoms. The first-order valence-corrected chi connectivity index (χ1v) is 6.32. The minimum atomic E-state index is -0.193. The first-order chi connectivity index (χ1) is 7.39. The van der Waals surface area contributed by atoms with Gasteiger partial charge in [-0.05, 0) is 48.1 Å². The summed E-state index contributed by atoms with van der Waals surface area (Å²) in [7, 11) is 0. The fourth-order valence-corrected chi connectivity index (χ4v) is 2.01. The van der Waals surface area contributed by atoms with Crippen molar-refractivity contribution < 1.29 is 4.39 Å². The number of benzene rings is 1. The Balaban J connectivity index is 2.98. The van der Waals surface area contributed by atoms with Gasteiger partial charge < -0.3 is 5.73 Å². The second-order valence-corrected chi connectivity index (χ2v) is 5.78. The molecule has 0 amide bonds. The average Bonchev–Trinajstić information content (AvgIpc) is 2.23. The van der Waals surface area contributed by atoms with Gasteiger partial charge in [0, 0.05) is 4.47 Å². The van der Waals surface area contributed by atoms with Crippen LogP contribution in [0.2, 0.25) is 0 Å². The molecule has 0 heterocycles. The number of hydrogen-bond donors (Lipinski definition) is 1. The van der Waals surface area contributed by atoms with E-state index in [9.17, 15) is 4.39 Å². The highest BCUT2D eigenvalue weighted by molar-refractivity contribution is 9.10. The fraction of sp³-hybridized carbons (Fsp3) is 0.538. The topological polar surface area (TPSA) is 26.0 Å². The maximum Gasteiger partial charge on any atom is 0.123 e. The second-order valence-electron chi connectivity index (χ2n) is 4.93. The van der Waals surface area contributed by atoms with Gasteiger partial charge in [0.05, 0.1) is 0 Å². The lowest BCUT2D eigenvalue weighted by Crippen LogP contribution is -2.34. The normalized spacial score (nSPS) is 15.2. The van der Waals surface area contributed by atoms with Gasteiger partial charge in [0.2, 0.25) is 0 Å². The van der Waals surface area contributed by atoms with Crippen molar-refractivity contribution in [2.45, 2.75) is 27.2 Å². The van der Waals surface area contributed by atoms with E-state index in [0.717, 1.165) is 16.5 Å². The van der Waals surface area contributed by atoms with Gasteiger partial charge in [0.25, 0.3) is 0 Å². The Morgan fingerprint density at radius 1 is 1.44 bits per heavy atom. The van der Waals surface area contributed by atoms with E-state index in [4.69, 9.17) is 5.73 Å². The van der Waals surface area contributed by atoms with Crippen LogP contribution in [0.3, 0.4) is 0 Å². The number of hydrogen-bond acceptors (Lipinski definition) is 1. The maximum atomic E-state index is 13.2. The van der Waals surface area contributed by atoms with Gasteiger partial charge in [-0.25, -0.2) is 4.39 Å². The van der Waals surface area contributed by atoms with Gasteiger partial charge in [-0.2, -0.15) is 0 Å². The van der Waals surface area contributed by atoms with Crippen LogP contribution < -0.4 is 5.73 Å². The van der Waals surface area contributed by atoms with Crippen molar-refractivity contribution in [3.8, 4) is 0 Å². The predicted molar refractivity (Wildman–Crippen MR) is 69.8 cm³/mol. The third-order valence-electron chi connectivity index (χ3n) is 3.46. The summed E-state index contributed by atoms with van der Waals surface area (Å²) in [6.45, 7) is 7.06. The number of halogens is 2. The summed E-state index contributed by atoms with van der Waals surface area (Å²) in [5.74, 6) is 0.272. The first-order valence-electron chi connectivity index (χ1n) is 5.53. The Morgan fingerprint density at radius 2 is 2.06 bits per heavy atom. The zero-order valence-electron chi connectivity index (χ0n) is 10.1. The van der Waals surface area contributed by atoms with Crippen molar-refractivity contribution in [2.24, 2.45) is 17.1 Å².